The predicted octanol–water partition coefficient (Wildman–Crippen LogP) is 2.96. The molecule has 0 spiro atoms. The molecule has 0 aliphatic heterocycles. The zero-order valence-corrected chi connectivity index (χ0v) is 17.3. The summed E-state index contributed by atoms with van der Waals surface area (Å²) in [6, 6.07) is 7.73. The summed E-state index contributed by atoms with van der Waals surface area (Å²) in [7, 11) is 3.34. The van der Waals surface area contributed by atoms with E-state index >= 15 is 0 Å². The molecule has 3 N–H and O–H groups in total. The minimum Gasteiger partial charge on any atom is -0.359 e. The summed E-state index contributed by atoms with van der Waals surface area (Å²) in [5.74, 6) is 0.628. The molecule has 0 heterocycles. The van der Waals surface area contributed by atoms with Crippen LogP contribution in [0, 0.1) is 5.41 Å². The molecule has 5 nitrogen and oxygen atoms in total. The Morgan fingerprint density at radius 1 is 1.39 bits per heavy atom. The molecule has 0 fully saturated rings. The molecule has 1 amide bonds. The highest BCUT2D eigenvalue weighted by Crippen LogP contribution is 2.17. The second-order valence-corrected chi connectivity index (χ2v) is 6.25. The molecule has 7 heteroatoms. The summed E-state index contributed by atoms with van der Waals surface area (Å²) in [6.45, 7) is 6.27. The lowest BCUT2D eigenvalue weighted by Gasteiger charge is -2.25. The number of guanidine groups is 1. The lowest BCUT2D eigenvalue weighted by molar-refractivity contribution is -0.128. The van der Waals surface area contributed by atoms with Gasteiger partial charge in [-0.15, -0.1) is 24.0 Å². The van der Waals surface area contributed by atoms with E-state index in [4.69, 9.17) is 11.6 Å². The molecule has 1 aromatic carbocycles. The van der Waals surface area contributed by atoms with Crippen LogP contribution < -0.4 is 16.0 Å². The average Bonchev–Trinajstić information content (AvgIpc) is 2.50. The van der Waals surface area contributed by atoms with Crippen LogP contribution >= 0.6 is 35.6 Å². The van der Waals surface area contributed by atoms with Gasteiger partial charge in [0.15, 0.2) is 5.96 Å². The maximum atomic E-state index is 11.8. The van der Waals surface area contributed by atoms with Crippen molar-refractivity contribution in [3.8, 4) is 0 Å². The number of benzene rings is 1. The zero-order valence-electron chi connectivity index (χ0n) is 14.2. The Hall–Kier alpha value is -1.02. The molecule has 0 bridgehead atoms. The smallest absolute Gasteiger partial charge is 0.227 e. The Kier molecular flexibility index (Phi) is 9.53. The van der Waals surface area contributed by atoms with E-state index in [9.17, 15) is 4.79 Å². The summed E-state index contributed by atoms with van der Waals surface area (Å²) in [4.78, 5) is 16.0. The van der Waals surface area contributed by atoms with Crippen LogP contribution in [-0.2, 0) is 4.79 Å². The van der Waals surface area contributed by atoms with Crippen molar-refractivity contribution in [3.63, 3.8) is 0 Å². The lowest BCUT2D eigenvalue weighted by Crippen LogP contribution is -2.47. The van der Waals surface area contributed by atoms with Crippen molar-refractivity contribution in [2.24, 2.45) is 10.4 Å². The van der Waals surface area contributed by atoms with E-state index in [0.717, 1.165) is 5.56 Å². The first-order chi connectivity index (χ1) is 10.3. The number of halogens is 2. The van der Waals surface area contributed by atoms with Crippen LogP contribution in [0.5, 0.6) is 0 Å². The number of carbonyl (C=O) groups is 1. The van der Waals surface area contributed by atoms with Gasteiger partial charge in [-0.05, 0) is 38.5 Å². The molecule has 0 saturated carbocycles. The fourth-order valence-corrected chi connectivity index (χ4v) is 2.18. The summed E-state index contributed by atoms with van der Waals surface area (Å²) in [5.41, 5.74) is 0.548. The van der Waals surface area contributed by atoms with Crippen LogP contribution in [-0.4, -0.2) is 32.5 Å². The van der Waals surface area contributed by atoms with Gasteiger partial charge in [-0.25, -0.2) is 0 Å². The Morgan fingerprint density at radius 2 is 2.04 bits per heavy atom. The number of amides is 1. The van der Waals surface area contributed by atoms with Gasteiger partial charge in [0, 0.05) is 25.7 Å². The molecule has 1 atom stereocenters. The molecule has 0 radical (unpaired) electrons. The van der Waals surface area contributed by atoms with Crippen molar-refractivity contribution in [2.45, 2.75) is 26.8 Å². The van der Waals surface area contributed by atoms with Crippen LogP contribution in [0.25, 0.3) is 0 Å². The predicted molar refractivity (Wildman–Crippen MR) is 108 cm³/mol. The van der Waals surface area contributed by atoms with Gasteiger partial charge in [0.1, 0.15) is 0 Å². The Balaban J connectivity index is 0.00000484. The third-order valence-corrected chi connectivity index (χ3v) is 3.70. The van der Waals surface area contributed by atoms with E-state index in [-0.39, 0.29) is 35.9 Å². The van der Waals surface area contributed by atoms with E-state index in [1.807, 2.05) is 45.0 Å². The topological polar surface area (TPSA) is 65.5 Å². The SMILES string of the molecule is CN=C(NCC(C)(C)C(=O)NC)NC(C)c1cccc(Cl)c1.I. The van der Waals surface area contributed by atoms with Crippen molar-refractivity contribution in [3.05, 3.63) is 34.9 Å². The molecule has 1 rings (SSSR count). The maximum Gasteiger partial charge on any atom is 0.227 e. The van der Waals surface area contributed by atoms with Crippen LogP contribution in [0.15, 0.2) is 29.3 Å². The molecule has 0 saturated heterocycles. The first kappa shape index (κ1) is 22.0. The number of carbonyl (C=O) groups excluding carboxylic acids is 1. The van der Waals surface area contributed by atoms with Crippen molar-refractivity contribution >= 4 is 47.4 Å². The highest BCUT2D eigenvalue weighted by Gasteiger charge is 2.26. The van der Waals surface area contributed by atoms with Crippen molar-refractivity contribution in [2.75, 3.05) is 20.6 Å². The quantitative estimate of drug-likeness (QED) is 0.366. The highest BCUT2D eigenvalue weighted by atomic mass is 127. The number of hydrogen-bond donors (Lipinski definition) is 3. The first-order valence-corrected chi connectivity index (χ1v) is 7.63. The van der Waals surface area contributed by atoms with Crippen molar-refractivity contribution in [1.29, 1.82) is 0 Å². The monoisotopic (exact) mass is 452 g/mol. The summed E-state index contributed by atoms with van der Waals surface area (Å²) >= 11 is 6.01. The molecule has 0 aromatic heterocycles. The fraction of sp³-hybridized carbons (Fsp3) is 0.500. The number of rotatable bonds is 5. The van der Waals surface area contributed by atoms with Crippen molar-refractivity contribution < 1.29 is 4.79 Å². The van der Waals surface area contributed by atoms with Gasteiger partial charge in [0.2, 0.25) is 5.91 Å². The number of aliphatic imine (C=N–C) groups is 1. The highest BCUT2D eigenvalue weighted by molar-refractivity contribution is 14.0. The second-order valence-electron chi connectivity index (χ2n) is 5.81. The van der Waals surface area contributed by atoms with Gasteiger partial charge in [-0.3, -0.25) is 9.79 Å². The van der Waals surface area contributed by atoms with Gasteiger partial charge in [-0.1, -0.05) is 23.7 Å². The summed E-state index contributed by atoms with van der Waals surface area (Å²) in [5, 5.41) is 9.84. The Labute approximate surface area is 160 Å². The zero-order chi connectivity index (χ0) is 16.8. The van der Waals surface area contributed by atoms with Crippen LogP contribution in [0.4, 0.5) is 0 Å². The number of nitrogens with zero attached hydrogens (tertiary/aromatic N) is 1. The summed E-state index contributed by atoms with van der Waals surface area (Å²) in [6.07, 6.45) is 0. The maximum absolute atomic E-state index is 11.8. The van der Waals surface area contributed by atoms with Gasteiger partial charge in [0.05, 0.1) is 11.5 Å². The van der Waals surface area contributed by atoms with E-state index < -0.39 is 5.41 Å². The van der Waals surface area contributed by atoms with Crippen LogP contribution in [0.1, 0.15) is 32.4 Å². The summed E-state index contributed by atoms with van der Waals surface area (Å²) < 4.78 is 0. The molecular formula is C16H26ClIN4O. The molecule has 130 valence electrons. The van der Waals surface area contributed by atoms with Crippen molar-refractivity contribution in [1.82, 2.24) is 16.0 Å². The minimum atomic E-state index is -0.522. The van der Waals surface area contributed by atoms with E-state index in [1.54, 1.807) is 14.1 Å². The third kappa shape index (κ3) is 6.95. The fourth-order valence-electron chi connectivity index (χ4n) is 1.98. The van der Waals surface area contributed by atoms with E-state index in [2.05, 4.69) is 20.9 Å². The largest absolute Gasteiger partial charge is 0.359 e. The third-order valence-electron chi connectivity index (χ3n) is 3.47. The van der Waals surface area contributed by atoms with Gasteiger partial charge in [0.25, 0.3) is 0 Å². The van der Waals surface area contributed by atoms with Gasteiger partial charge in [-0.2, -0.15) is 0 Å². The molecule has 0 aliphatic carbocycles. The van der Waals surface area contributed by atoms with Gasteiger partial charge < -0.3 is 16.0 Å². The normalized spacial score (nSPS) is 12.9. The van der Waals surface area contributed by atoms with Crippen LogP contribution in [0.3, 0.4) is 0 Å². The number of nitrogens with one attached hydrogen (secondary N) is 3. The Morgan fingerprint density at radius 3 is 2.57 bits per heavy atom. The minimum absolute atomic E-state index is 0. The van der Waals surface area contributed by atoms with Gasteiger partial charge >= 0.3 is 0 Å². The first-order valence-electron chi connectivity index (χ1n) is 7.25. The van der Waals surface area contributed by atoms with Crippen LogP contribution in [0.2, 0.25) is 5.02 Å². The average molecular weight is 453 g/mol. The van der Waals surface area contributed by atoms with E-state index in [0.29, 0.717) is 17.5 Å². The second kappa shape index (κ2) is 9.97. The lowest BCUT2D eigenvalue weighted by atomic mass is 9.92. The van der Waals surface area contributed by atoms with E-state index in [1.165, 1.54) is 0 Å². The number of hydrogen-bond acceptors (Lipinski definition) is 2. The molecule has 1 unspecified atom stereocenters. The molecule has 23 heavy (non-hydrogen) atoms. The standard InChI is InChI=1S/C16H25ClN4O.HI/c1-11(12-7-6-8-13(17)9-12)21-15(19-5)20-10-16(2,3)14(22)18-4;/h6-9,11H,10H2,1-5H3,(H,18,22)(H2,19,20,21);1H. The molecule has 0 aliphatic rings. The Bertz CT molecular complexity index is 549. The molecular weight excluding hydrogens is 427 g/mol. The molecule has 1 aromatic rings.